The zero-order valence-corrected chi connectivity index (χ0v) is 10.6. The summed E-state index contributed by atoms with van der Waals surface area (Å²) in [7, 11) is 0. The zero-order valence-electron chi connectivity index (χ0n) is 10.6. The van der Waals surface area contributed by atoms with Crippen LogP contribution in [-0.2, 0) is 4.74 Å². The van der Waals surface area contributed by atoms with Crippen molar-refractivity contribution < 1.29 is 4.74 Å². The first-order chi connectivity index (χ1) is 6.97. The second-order valence-electron chi connectivity index (χ2n) is 5.37. The Balaban J connectivity index is 2.30. The van der Waals surface area contributed by atoms with Crippen molar-refractivity contribution in [3.05, 3.63) is 0 Å². The van der Waals surface area contributed by atoms with Crippen molar-refractivity contribution in [3.63, 3.8) is 0 Å². The Morgan fingerprint density at radius 2 is 1.80 bits per heavy atom. The van der Waals surface area contributed by atoms with Crippen LogP contribution in [0.3, 0.4) is 0 Å². The van der Waals surface area contributed by atoms with Gasteiger partial charge in [0.15, 0.2) is 0 Å². The molecule has 0 amide bonds. The maximum atomic E-state index is 6.11. The van der Waals surface area contributed by atoms with Crippen LogP contribution in [0, 0.1) is 5.92 Å². The Kier molecular flexibility index (Phi) is 5.03. The van der Waals surface area contributed by atoms with E-state index in [0.717, 1.165) is 26.1 Å². The lowest BCUT2D eigenvalue weighted by atomic mass is 10.0. The quantitative estimate of drug-likeness (QED) is 0.770. The molecule has 15 heavy (non-hydrogen) atoms. The second-order valence-corrected chi connectivity index (χ2v) is 5.37. The molecular formula is C12H26N2O. The third-order valence-electron chi connectivity index (χ3n) is 2.76. The average Bonchev–Trinajstić information content (AvgIpc) is 1.98. The van der Waals surface area contributed by atoms with E-state index in [1.807, 2.05) is 0 Å². The van der Waals surface area contributed by atoms with Gasteiger partial charge >= 0.3 is 0 Å². The van der Waals surface area contributed by atoms with Gasteiger partial charge in [-0.15, -0.1) is 0 Å². The van der Waals surface area contributed by atoms with Crippen molar-refractivity contribution in [1.29, 1.82) is 0 Å². The van der Waals surface area contributed by atoms with Gasteiger partial charge in [-0.2, -0.15) is 0 Å². The van der Waals surface area contributed by atoms with Crippen LogP contribution in [-0.4, -0.2) is 42.8 Å². The zero-order chi connectivity index (χ0) is 11.4. The third-order valence-corrected chi connectivity index (χ3v) is 2.76. The molecule has 1 fully saturated rings. The molecule has 0 aromatic heterocycles. The molecule has 1 saturated heterocycles. The molecule has 1 heterocycles. The van der Waals surface area contributed by atoms with Gasteiger partial charge in [-0.25, -0.2) is 0 Å². The normalized spacial score (nSPS) is 30.8. The van der Waals surface area contributed by atoms with Crippen molar-refractivity contribution in [1.82, 2.24) is 4.90 Å². The molecule has 0 saturated carbocycles. The minimum Gasteiger partial charge on any atom is -0.373 e. The molecule has 90 valence electrons. The third kappa shape index (κ3) is 4.96. The van der Waals surface area contributed by atoms with Gasteiger partial charge in [0.05, 0.1) is 12.2 Å². The predicted molar refractivity (Wildman–Crippen MR) is 63.9 cm³/mol. The molecule has 2 N–H and O–H groups in total. The summed E-state index contributed by atoms with van der Waals surface area (Å²) in [6, 6.07) is 0.308. The molecule has 3 heteroatoms. The van der Waals surface area contributed by atoms with Crippen LogP contribution in [0.2, 0.25) is 0 Å². The van der Waals surface area contributed by atoms with Gasteiger partial charge in [-0.05, 0) is 26.2 Å². The van der Waals surface area contributed by atoms with Gasteiger partial charge in [-0.1, -0.05) is 13.8 Å². The highest BCUT2D eigenvalue weighted by atomic mass is 16.5. The van der Waals surface area contributed by atoms with E-state index in [1.165, 1.54) is 0 Å². The molecule has 0 bridgehead atoms. The number of nitrogens with zero attached hydrogens (tertiary/aromatic N) is 1. The van der Waals surface area contributed by atoms with Crippen LogP contribution in [0.1, 0.15) is 34.1 Å². The van der Waals surface area contributed by atoms with E-state index in [9.17, 15) is 0 Å². The molecule has 1 aliphatic rings. The molecular weight excluding hydrogens is 188 g/mol. The van der Waals surface area contributed by atoms with Gasteiger partial charge in [-0.3, -0.25) is 4.90 Å². The first-order valence-corrected chi connectivity index (χ1v) is 6.10. The Labute approximate surface area is 94.0 Å². The van der Waals surface area contributed by atoms with E-state index >= 15 is 0 Å². The summed E-state index contributed by atoms with van der Waals surface area (Å²) in [5.74, 6) is 0.691. The summed E-state index contributed by atoms with van der Waals surface area (Å²) in [6.45, 7) is 11.8. The van der Waals surface area contributed by atoms with Gasteiger partial charge in [0.1, 0.15) is 0 Å². The summed E-state index contributed by atoms with van der Waals surface area (Å²) in [5.41, 5.74) is 6.11. The lowest BCUT2D eigenvalue weighted by Crippen LogP contribution is -2.49. The van der Waals surface area contributed by atoms with E-state index in [-0.39, 0.29) is 0 Å². The maximum Gasteiger partial charge on any atom is 0.0678 e. The number of morpholine rings is 1. The van der Waals surface area contributed by atoms with E-state index in [0.29, 0.717) is 24.2 Å². The monoisotopic (exact) mass is 214 g/mol. The summed E-state index contributed by atoms with van der Waals surface area (Å²) >= 11 is 0. The minimum atomic E-state index is 0.308. The van der Waals surface area contributed by atoms with Crippen molar-refractivity contribution in [2.45, 2.75) is 52.4 Å². The maximum absolute atomic E-state index is 6.11. The Hall–Kier alpha value is -0.120. The molecule has 3 atom stereocenters. The predicted octanol–water partition coefficient (Wildman–Crippen LogP) is 1.47. The molecule has 0 radical (unpaired) electrons. The minimum absolute atomic E-state index is 0.308. The molecule has 0 spiro atoms. The van der Waals surface area contributed by atoms with E-state index < -0.39 is 0 Å². The van der Waals surface area contributed by atoms with Gasteiger partial charge in [0.2, 0.25) is 0 Å². The van der Waals surface area contributed by atoms with Crippen molar-refractivity contribution in [2.75, 3.05) is 19.6 Å². The topological polar surface area (TPSA) is 38.5 Å². The first-order valence-electron chi connectivity index (χ1n) is 6.10. The van der Waals surface area contributed by atoms with Crippen LogP contribution < -0.4 is 5.73 Å². The number of hydrogen-bond donors (Lipinski definition) is 1. The van der Waals surface area contributed by atoms with E-state index in [2.05, 4.69) is 32.6 Å². The van der Waals surface area contributed by atoms with Crippen molar-refractivity contribution in [3.8, 4) is 0 Å². The van der Waals surface area contributed by atoms with E-state index in [4.69, 9.17) is 10.5 Å². The van der Waals surface area contributed by atoms with Crippen LogP contribution in [0.25, 0.3) is 0 Å². The average molecular weight is 214 g/mol. The molecule has 0 aromatic carbocycles. The molecule has 1 aliphatic heterocycles. The lowest BCUT2D eigenvalue weighted by molar-refractivity contribution is -0.0693. The van der Waals surface area contributed by atoms with E-state index in [1.54, 1.807) is 0 Å². The standard InChI is InChI=1S/C12H26N2O/c1-9(2)5-12(13)8-14-6-10(3)15-11(4)7-14/h9-12H,5-8,13H2,1-4H3/t10-,11+,12?. The van der Waals surface area contributed by atoms with Gasteiger partial charge in [0.25, 0.3) is 0 Å². The lowest BCUT2D eigenvalue weighted by Gasteiger charge is -2.36. The molecule has 0 aromatic rings. The molecule has 1 unspecified atom stereocenters. The molecule has 1 rings (SSSR count). The molecule has 3 nitrogen and oxygen atoms in total. The number of ether oxygens (including phenoxy) is 1. The largest absolute Gasteiger partial charge is 0.373 e. The van der Waals surface area contributed by atoms with Crippen LogP contribution >= 0.6 is 0 Å². The van der Waals surface area contributed by atoms with Gasteiger partial charge < -0.3 is 10.5 Å². The highest BCUT2D eigenvalue weighted by Gasteiger charge is 2.23. The molecule has 0 aliphatic carbocycles. The number of rotatable bonds is 4. The Morgan fingerprint density at radius 1 is 1.27 bits per heavy atom. The fourth-order valence-electron chi connectivity index (χ4n) is 2.45. The van der Waals surface area contributed by atoms with Crippen molar-refractivity contribution in [2.24, 2.45) is 11.7 Å². The van der Waals surface area contributed by atoms with Crippen LogP contribution in [0.5, 0.6) is 0 Å². The Morgan fingerprint density at radius 3 is 2.27 bits per heavy atom. The van der Waals surface area contributed by atoms with Crippen LogP contribution in [0.15, 0.2) is 0 Å². The smallest absolute Gasteiger partial charge is 0.0678 e. The summed E-state index contributed by atoms with van der Waals surface area (Å²) in [5, 5.41) is 0. The second kappa shape index (κ2) is 5.83. The van der Waals surface area contributed by atoms with Crippen molar-refractivity contribution >= 4 is 0 Å². The Bertz CT molecular complexity index is 174. The first kappa shape index (κ1) is 12.9. The highest BCUT2D eigenvalue weighted by Crippen LogP contribution is 2.12. The summed E-state index contributed by atoms with van der Waals surface area (Å²) in [4.78, 5) is 2.44. The number of nitrogens with two attached hydrogens (primary N) is 1. The number of hydrogen-bond acceptors (Lipinski definition) is 3. The fourth-order valence-corrected chi connectivity index (χ4v) is 2.45. The van der Waals surface area contributed by atoms with Gasteiger partial charge in [0, 0.05) is 25.7 Å². The SMILES string of the molecule is CC(C)CC(N)CN1C[C@@H](C)O[C@@H](C)C1. The van der Waals surface area contributed by atoms with Crippen LogP contribution in [0.4, 0.5) is 0 Å². The summed E-state index contributed by atoms with van der Waals surface area (Å²) < 4.78 is 5.70. The summed E-state index contributed by atoms with van der Waals surface area (Å²) in [6.07, 6.45) is 1.81. The highest BCUT2D eigenvalue weighted by molar-refractivity contribution is 4.77. The fraction of sp³-hybridized carbons (Fsp3) is 1.00.